The topological polar surface area (TPSA) is 70.3 Å². The van der Waals surface area contributed by atoms with Crippen LogP contribution < -0.4 is 0 Å². The molecule has 1 aromatic carbocycles. The van der Waals surface area contributed by atoms with Crippen LogP contribution in [0, 0.1) is 11.3 Å². The highest BCUT2D eigenvalue weighted by Crippen LogP contribution is 2.08. The van der Waals surface area contributed by atoms with E-state index >= 15 is 0 Å². The van der Waals surface area contributed by atoms with E-state index < -0.39 is 6.16 Å². The standard InChI is InChI=1S/C13H13NO3/c1-10(17-13(15)16)4-2-5-11-6-3-7-12(8-11)9-14/h2-3,5-8,10H,4H2,1H3,(H,15,16). The summed E-state index contributed by atoms with van der Waals surface area (Å²) in [6, 6.07) is 9.23. The second-order valence-corrected chi connectivity index (χ2v) is 3.57. The Hall–Kier alpha value is -2.28. The lowest BCUT2D eigenvalue weighted by Gasteiger charge is -2.06. The Labute approximate surface area is 99.8 Å². The molecule has 1 unspecified atom stereocenters. The van der Waals surface area contributed by atoms with Crippen molar-refractivity contribution in [2.45, 2.75) is 19.4 Å². The molecule has 17 heavy (non-hydrogen) atoms. The van der Waals surface area contributed by atoms with Crippen molar-refractivity contribution in [3.05, 3.63) is 41.5 Å². The number of nitrogens with zero attached hydrogens (tertiary/aromatic N) is 1. The highest BCUT2D eigenvalue weighted by molar-refractivity contribution is 5.57. The Bertz CT molecular complexity index is 460. The molecular formula is C13H13NO3. The predicted molar refractivity (Wildman–Crippen MR) is 63.4 cm³/mol. The SMILES string of the molecule is CC(CC=Cc1cccc(C#N)c1)OC(=O)O. The summed E-state index contributed by atoms with van der Waals surface area (Å²) >= 11 is 0. The summed E-state index contributed by atoms with van der Waals surface area (Å²) in [5.74, 6) is 0. The Morgan fingerprint density at radius 3 is 3.06 bits per heavy atom. The van der Waals surface area contributed by atoms with Crippen LogP contribution in [0.4, 0.5) is 4.79 Å². The quantitative estimate of drug-likeness (QED) is 0.808. The molecule has 1 N–H and O–H groups in total. The largest absolute Gasteiger partial charge is 0.506 e. The van der Waals surface area contributed by atoms with Gasteiger partial charge in [-0.2, -0.15) is 5.26 Å². The molecule has 4 heteroatoms. The second-order valence-electron chi connectivity index (χ2n) is 3.57. The lowest BCUT2D eigenvalue weighted by atomic mass is 10.1. The van der Waals surface area contributed by atoms with Crippen molar-refractivity contribution in [1.29, 1.82) is 5.26 Å². The molecule has 0 saturated heterocycles. The Balaban J connectivity index is 2.53. The maximum Gasteiger partial charge on any atom is 0.506 e. The van der Waals surface area contributed by atoms with Crippen molar-refractivity contribution in [2.24, 2.45) is 0 Å². The van der Waals surface area contributed by atoms with E-state index in [1.54, 1.807) is 25.1 Å². The molecule has 0 radical (unpaired) electrons. The van der Waals surface area contributed by atoms with Crippen molar-refractivity contribution in [3.63, 3.8) is 0 Å². The fraction of sp³-hybridized carbons (Fsp3) is 0.231. The van der Waals surface area contributed by atoms with Gasteiger partial charge in [-0.3, -0.25) is 0 Å². The lowest BCUT2D eigenvalue weighted by Crippen LogP contribution is -2.11. The van der Waals surface area contributed by atoms with Crippen LogP contribution in [0.2, 0.25) is 0 Å². The van der Waals surface area contributed by atoms with Crippen molar-refractivity contribution in [3.8, 4) is 6.07 Å². The fourth-order valence-electron chi connectivity index (χ4n) is 1.33. The first-order chi connectivity index (χ1) is 8.11. The molecule has 0 spiro atoms. The minimum Gasteiger partial charge on any atom is -0.450 e. The molecule has 0 aromatic heterocycles. The van der Waals surface area contributed by atoms with E-state index in [1.165, 1.54) is 0 Å². The van der Waals surface area contributed by atoms with E-state index in [9.17, 15) is 4.79 Å². The van der Waals surface area contributed by atoms with Crippen LogP contribution >= 0.6 is 0 Å². The summed E-state index contributed by atoms with van der Waals surface area (Å²) in [6.45, 7) is 1.68. The summed E-state index contributed by atoms with van der Waals surface area (Å²) in [7, 11) is 0. The minimum absolute atomic E-state index is 0.372. The average Bonchev–Trinajstić information content (AvgIpc) is 2.28. The van der Waals surface area contributed by atoms with Gasteiger partial charge in [0.1, 0.15) is 6.10 Å². The van der Waals surface area contributed by atoms with E-state index in [4.69, 9.17) is 10.4 Å². The van der Waals surface area contributed by atoms with Crippen molar-refractivity contribution in [1.82, 2.24) is 0 Å². The van der Waals surface area contributed by atoms with Crippen LogP contribution in [-0.2, 0) is 4.74 Å². The van der Waals surface area contributed by atoms with Crippen LogP contribution in [0.3, 0.4) is 0 Å². The molecule has 1 rings (SSSR count). The third-order valence-corrected chi connectivity index (χ3v) is 2.10. The lowest BCUT2D eigenvalue weighted by molar-refractivity contribution is 0.0603. The van der Waals surface area contributed by atoms with Crippen LogP contribution in [0.25, 0.3) is 6.08 Å². The van der Waals surface area contributed by atoms with Gasteiger partial charge < -0.3 is 9.84 Å². The number of hydrogen-bond donors (Lipinski definition) is 1. The third-order valence-electron chi connectivity index (χ3n) is 2.10. The molecule has 0 aliphatic carbocycles. The van der Waals surface area contributed by atoms with Crippen LogP contribution in [0.5, 0.6) is 0 Å². The highest BCUT2D eigenvalue weighted by Gasteiger charge is 2.04. The summed E-state index contributed by atoms with van der Waals surface area (Å²) in [5.41, 5.74) is 1.51. The number of nitriles is 1. The molecule has 1 aromatic rings. The van der Waals surface area contributed by atoms with Gasteiger partial charge in [-0.1, -0.05) is 24.3 Å². The monoisotopic (exact) mass is 231 g/mol. The van der Waals surface area contributed by atoms with Gasteiger partial charge in [0.05, 0.1) is 11.6 Å². The molecule has 88 valence electrons. The highest BCUT2D eigenvalue weighted by atomic mass is 16.7. The number of ether oxygens (including phenoxy) is 1. The zero-order valence-electron chi connectivity index (χ0n) is 9.46. The normalized spacial score (nSPS) is 12.0. The van der Waals surface area contributed by atoms with Gasteiger partial charge >= 0.3 is 6.16 Å². The predicted octanol–water partition coefficient (Wildman–Crippen LogP) is 3.04. The van der Waals surface area contributed by atoms with E-state index in [2.05, 4.69) is 10.8 Å². The molecule has 4 nitrogen and oxygen atoms in total. The van der Waals surface area contributed by atoms with Crippen LogP contribution in [0.1, 0.15) is 24.5 Å². The molecule has 1 atom stereocenters. The maximum absolute atomic E-state index is 10.2. The van der Waals surface area contributed by atoms with Gasteiger partial charge in [0.25, 0.3) is 0 Å². The van der Waals surface area contributed by atoms with Gasteiger partial charge in [0.2, 0.25) is 0 Å². The van der Waals surface area contributed by atoms with Gasteiger partial charge in [0.15, 0.2) is 0 Å². The molecule has 0 aliphatic heterocycles. The van der Waals surface area contributed by atoms with Crippen molar-refractivity contribution in [2.75, 3.05) is 0 Å². The summed E-state index contributed by atoms with van der Waals surface area (Å²) in [5, 5.41) is 17.1. The van der Waals surface area contributed by atoms with Crippen molar-refractivity contribution >= 4 is 12.2 Å². The number of rotatable bonds is 4. The van der Waals surface area contributed by atoms with E-state index in [0.717, 1.165) is 5.56 Å². The second kappa shape index (κ2) is 6.33. The summed E-state index contributed by atoms with van der Waals surface area (Å²) < 4.78 is 4.55. The fourth-order valence-corrected chi connectivity index (χ4v) is 1.33. The Morgan fingerprint density at radius 1 is 1.65 bits per heavy atom. The van der Waals surface area contributed by atoms with E-state index in [1.807, 2.05) is 18.2 Å². The first-order valence-corrected chi connectivity index (χ1v) is 5.18. The zero-order chi connectivity index (χ0) is 12.7. The summed E-state index contributed by atoms with van der Waals surface area (Å²) in [4.78, 5) is 10.2. The van der Waals surface area contributed by atoms with Crippen molar-refractivity contribution < 1.29 is 14.6 Å². The number of carboxylic acid groups (broad SMARTS) is 1. The minimum atomic E-state index is -1.27. The molecule has 0 amide bonds. The van der Waals surface area contributed by atoms with Crippen LogP contribution in [-0.4, -0.2) is 17.4 Å². The average molecular weight is 231 g/mol. The molecule has 0 aliphatic rings. The molecule has 0 saturated carbocycles. The first kappa shape index (κ1) is 12.8. The maximum atomic E-state index is 10.2. The molecular weight excluding hydrogens is 218 g/mol. The third kappa shape index (κ3) is 4.85. The van der Waals surface area contributed by atoms with E-state index in [-0.39, 0.29) is 6.10 Å². The number of hydrogen-bond acceptors (Lipinski definition) is 3. The van der Waals surface area contributed by atoms with Gasteiger partial charge in [0, 0.05) is 6.42 Å². The zero-order valence-corrected chi connectivity index (χ0v) is 9.46. The molecule has 0 fully saturated rings. The smallest absolute Gasteiger partial charge is 0.450 e. The van der Waals surface area contributed by atoms with Gasteiger partial charge in [-0.25, -0.2) is 4.79 Å². The Morgan fingerprint density at radius 2 is 2.41 bits per heavy atom. The van der Waals surface area contributed by atoms with Gasteiger partial charge in [-0.15, -0.1) is 0 Å². The summed E-state index contributed by atoms with van der Waals surface area (Å²) in [6.07, 6.45) is 2.52. The van der Waals surface area contributed by atoms with Crippen LogP contribution in [0.15, 0.2) is 30.3 Å². The number of benzene rings is 1. The Kier molecular flexibility index (Phi) is 4.77. The first-order valence-electron chi connectivity index (χ1n) is 5.18. The molecule has 0 bridgehead atoms. The van der Waals surface area contributed by atoms with Gasteiger partial charge in [-0.05, 0) is 24.6 Å². The number of carbonyl (C=O) groups is 1. The molecule has 0 heterocycles. The van der Waals surface area contributed by atoms with E-state index in [0.29, 0.717) is 12.0 Å².